The Bertz CT molecular complexity index is 345. The Morgan fingerprint density at radius 3 is 1.86 bits per heavy atom. The molecule has 2 heteroatoms. The Morgan fingerprint density at radius 1 is 0.762 bits per heavy atom. The average molecular weight is 290 g/mol. The minimum atomic E-state index is 0.632. The van der Waals surface area contributed by atoms with E-state index < -0.39 is 0 Å². The van der Waals surface area contributed by atoms with Gasteiger partial charge in [0, 0.05) is 25.3 Å². The number of anilines is 1. The van der Waals surface area contributed by atoms with Gasteiger partial charge in [0.05, 0.1) is 0 Å². The molecule has 0 aromatic heterocycles. The van der Waals surface area contributed by atoms with Crippen LogP contribution in [0, 0.1) is 0 Å². The molecule has 0 aliphatic rings. The largest absolute Gasteiger partial charge is 0.372 e. The first kappa shape index (κ1) is 18.0. The van der Waals surface area contributed by atoms with E-state index in [9.17, 15) is 0 Å². The quantitative estimate of drug-likeness (QED) is 0.542. The van der Waals surface area contributed by atoms with Crippen LogP contribution in [0.3, 0.4) is 0 Å². The molecular formula is C19H34N2. The fourth-order valence-electron chi connectivity index (χ4n) is 2.67. The minimum Gasteiger partial charge on any atom is -0.372 e. The first-order chi connectivity index (χ1) is 10.3. The molecule has 2 nitrogen and oxygen atoms in total. The van der Waals surface area contributed by atoms with E-state index in [0.29, 0.717) is 6.54 Å². The molecule has 0 bridgehead atoms. The molecule has 0 amide bonds. The number of rotatable bonds is 12. The fraction of sp³-hybridized carbons (Fsp3) is 0.684. The van der Waals surface area contributed by atoms with E-state index in [0.717, 1.165) is 0 Å². The van der Waals surface area contributed by atoms with Gasteiger partial charge in [0.15, 0.2) is 0 Å². The molecule has 0 aliphatic carbocycles. The van der Waals surface area contributed by atoms with Gasteiger partial charge < -0.3 is 10.6 Å². The van der Waals surface area contributed by atoms with Crippen LogP contribution in [0.2, 0.25) is 0 Å². The fourth-order valence-corrected chi connectivity index (χ4v) is 2.67. The first-order valence-electron chi connectivity index (χ1n) is 8.85. The maximum atomic E-state index is 5.69. The molecule has 0 spiro atoms. The van der Waals surface area contributed by atoms with Gasteiger partial charge in [-0.05, 0) is 30.5 Å². The van der Waals surface area contributed by atoms with Gasteiger partial charge in [0.2, 0.25) is 0 Å². The van der Waals surface area contributed by atoms with Crippen molar-refractivity contribution in [2.45, 2.75) is 71.8 Å². The van der Waals surface area contributed by atoms with Crippen molar-refractivity contribution in [2.24, 2.45) is 5.73 Å². The average Bonchev–Trinajstić information content (AvgIpc) is 2.53. The minimum absolute atomic E-state index is 0.632. The first-order valence-corrected chi connectivity index (χ1v) is 8.85. The van der Waals surface area contributed by atoms with Gasteiger partial charge in [0.25, 0.3) is 0 Å². The predicted molar refractivity (Wildman–Crippen MR) is 94.8 cm³/mol. The SMILES string of the molecule is CCCCCCCN(CCCCC)c1ccc(CN)cc1. The van der Waals surface area contributed by atoms with Gasteiger partial charge in [-0.3, -0.25) is 0 Å². The molecule has 1 aromatic carbocycles. The molecule has 0 saturated heterocycles. The molecular weight excluding hydrogens is 256 g/mol. The van der Waals surface area contributed by atoms with E-state index in [-0.39, 0.29) is 0 Å². The monoisotopic (exact) mass is 290 g/mol. The number of hydrogen-bond donors (Lipinski definition) is 1. The van der Waals surface area contributed by atoms with Gasteiger partial charge >= 0.3 is 0 Å². The second kappa shape index (κ2) is 11.6. The van der Waals surface area contributed by atoms with Gasteiger partial charge in [-0.15, -0.1) is 0 Å². The van der Waals surface area contributed by atoms with Crippen molar-refractivity contribution in [1.82, 2.24) is 0 Å². The zero-order valence-electron chi connectivity index (χ0n) is 14.1. The second-order valence-electron chi connectivity index (χ2n) is 5.98. The van der Waals surface area contributed by atoms with Crippen molar-refractivity contribution in [2.75, 3.05) is 18.0 Å². The number of hydrogen-bond acceptors (Lipinski definition) is 2. The highest BCUT2D eigenvalue weighted by atomic mass is 15.1. The Kier molecular flexibility index (Phi) is 9.98. The van der Waals surface area contributed by atoms with Gasteiger partial charge in [0.1, 0.15) is 0 Å². The van der Waals surface area contributed by atoms with Crippen molar-refractivity contribution in [1.29, 1.82) is 0 Å². The molecule has 0 saturated carbocycles. The Balaban J connectivity index is 2.49. The van der Waals surface area contributed by atoms with Crippen LogP contribution in [0.1, 0.15) is 70.8 Å². The summed E-state index contributed by atoms with van der Waals surface area (Å²) in [5.74, 6) is 0. The molecule has 0 aliphatic heterocycles. The summed E-state index contributed by atoms with van der Waals surface area (Å²) >= 11 is 0. The van der Waals surface area contributed by atoms with E-state index in [1.165, 1.54) is 75.7 Å². The second-order valence-corrected chi connectivity index (χ2v) is 5.98. The van der Waals surface area contributed by atoms with Crippen LogP contribution in [0.25, 0.3) is 0 Å². The Hall–Kier alpha value is -1.02. The molecule has 0 unspecified atom stereocenters. The summed E-state index contributed by atoms with van der Waals surface area (Å²) in [4.78, 5) is 2.56. The summed E-state index contributed by atoms with van der Waals surface area (Å²) in [5.41, 5.74) is 8.27. The Morgan fingerprint density at radius 2 is 1.29 bits per heavy atom. The third kappa shape index (κ3) is 7.52. The maximum absolute atomic E-state index is 5.69. The number of nitrogens with zero attached hydrogens (tertiary/aromatic N) is 1. The van der Waals surface area contributed by atoms with Crippen LogP contribution in [0.4, 0.5) is 5.69 Å². The van der Waals surface area contributed by atoms with Gasteiger partial charge in [-0.2, -0.15) is 0 Å². The molecule has 120 valence electrons. The molecule has 21 heavy (non-hydrogen) atoms. The standard InChI is InChI=1S/C19H34N2/c1-3-5-7-8-10-16-21(15-9-6-4-2)19-13-11-18(17-20)12-14-19/h11-14H,3-10,15-17,20H2,1-2H3. The van der Waals surface area contributed by atoms with E-state index in [2.05, 4.69) is 43.0 Å². The van der Waals surface area contributed by atoms with Crippen LogP contribution in [-0.2, 0) is 6.54 Å². The predicted octanol–water partition coefficient (Wildman–Crippen LogP) is 5.11. The van der Waals surface area contributed by atoms with Crippen LogP contribution in [0.15, 0.2) is 24.3 Å². The highest BCUT2D eigenvalue weighted by Gasteiger charge is 2.06. The zero-order valence-corrected chi connectivity index (χ0v) is 14.1. The molecule has 1 rings (SSSR count). The summed E-state index contributed by atoms with van der Waals surface area (Å²) in [6.45, 7) is 7.55. The van der Waals surface area contributed by atoms with Crippen LogP contribution in [0.5, 0.6) is 0 Å². The van der Waals surface area contributed by atoms with E-state index in [1.807, 2.05) is 0 Å². The van der Waals surface area contributed by atoms with Crippen molar-refractivity contribution >= 4 is 5.69 Å². The van der Waals surface area contributed by atoms with Gasteiger partial charge in [-0.1, -0.05) is 64.5 Å². The molecule has 0 atom stereocenters. The highest BCUT2D eigenvalue weighted by molar-refractivity contribution is 5.47. The summed E-state index contributed by atoms with van der Waals surface area (Å²) in [6, 6.07) is 8.80. The lowest BCUT2D eigenvalue weighted by atomic mass is 10.1. The molecule has 0 heterocycles. The van der Waals surface area contributed by atoms with Gasteiger partial charge in [-0.25, -0.2) is 0 Å². The molecule has 2 N–H and O–H groups in total. The third-order valence-corrected chi connectivity index (χ3v) is 4.10. The van der Waals surface area contributed by atoms with Crippen molar-refractivity contribution < 1.29 is 0 Å². The van der Waals surface area contributed by atoms with Crippen molar-refractivity contribution in [3.05, 3.63) is 29.8 Å². The lowest BCUT2D eigenvalue weighted by Gasteiger charge is -2.25. The maximum Gasteiger partial charge on any atom is 0.0366 e. The van der Waals surface area contributed by atoms with Crippen molar-refractivity contribution in [3.8, 4) is 0 Å². The van der Waals surface area contributed by atoms with Crippen molar-refractivity contribution in [3.63, 3.8) is 0 Å². The van der Waals surface area contributed by atoms with E-state index in [1.54, 1.807) is 0 Å². The van der Waals surface area contributed by atoms with E-state index in [4.69, 9.17) is 5.73 Å². The molecule has 1 aromatic rings. The summed E-state index contributed by atoms with van der Waals surface area (Å²) in [5, 5.41) is 0. The van der Waals surface area contributed by atoms with Crippen LogP contribution in [-0.4, -0.2) is 13.1 Å². The normalized spacial score (nSPS) is 10.8. The lowest BCUT2D eigenvalue weighted by molar-refractivity contribution is 0.604. The van der Waals surface area contributed by atoms with Crippen LogP contribution >= 0.6 is 0 Å². The number of benzene rings is 1. The lowest BCUT2D eigenvalue weighted by Crippen LogP contribution is -2.25. The Labute approximate surface area is 131 Å². The summed E-state index contributed by atoms with van der Waals surface area (Å²) in [7, 11) is 0. The zero-order chi connectivity index (χ0) is 15.3. The highest BCUT2D eigenvalue weighted by Crippen LogP contribution is 2.17. The third-order valence-electron chi connectivity index (χ3n) is 4.10. The smallest absolute Gasteiger partial charge is 0.0366 e. The number of unbranched alkanes of at least 4 members (excludes halogenated alkanes) is 6. The van der Waals surface area contributed by atoms with Crippen LogP contribution < -0.4 is 10.6 Å². The topological polar surface area (TPSA) is 29.3 Å². The molecule has 0 fully saturated rings. The molecule has 0 radical (unpaired) electrons. The summed E-state index contributed by atoms with van der Waals surface area (Å²) < 4.78 is 0. The number of nitrogens with two attached hydrogens (primary N) is 1. The van der Waals surface area contributed by atoms with E-state index >= 15 is 0 Å². The summed E-state index contributed by atoms with van der Waals surface area (Å²) in [6.07, 6.45) is 10.7.